The number of hydrogen-bond acceptors (Lipinski definition) is 3. The molecular weight excluding hydrogens is 182 g/mol. The zero-order valence-electron chi connectivity index (χ0n) is 8.38. The molecule has 0 aliphatic rings. The molecule has 0 spiro atoms. The number of ether oxygens (including phenoxy) is 1. The number of aromatic nitrogens is 1. The molecule has 0 N–H and O–H groups in total. The maximum atomic E-state index is 4.99. The minimum atomic E-state index is 0.836. The second kappa shape index (κ2) is 6.11. The fraction of sp³-hybridized carbons (Fsp3) is 0.700. The van der Waals surface area contributed by atoms with Gasteiger partial charge in [0.15, 0.2) is 0 Å². The van der Waals surface area contributed by atoms with Crippen LogP contribution in [0.15, 0.2) is 5.38 Å². The van der Waals surface area contributed by atoms with Crippen LogP contribution in [0.4, 0.5) is 0 Å². The summed E-state index contributed by atoms with van der Waals surface area (Å²) in [4.78, 5) is 4.53. The highest BCUT2D eigenvalue weighted by Gasteiger charge is 2.00. The monoisotopic (exact) mass is 199 g/mol. The van der Waals surface area contributed by atoms with Crippen LogP contribution in [0, 0.1) is 0 Å². The molecule has 0 unspecified atom stereocenters. The highest BCUT2D eigenvalue weighted by atomic mass is 32.1. The molecule has 0 saturated carbocycles. The van der Waals surface area contributed by atoms with Crippen molar-refractivity contribution in [3.63, 3.8) is 0 Å². The summed E-state index contributed by atoms with van der Waals surface area (Å²) in [6.45, 7) is 3.02. The van der Waals surface area contributed by atoms with E-state index in [1.807, 2.05) is 0 Å². The van der Waals surface area contributed by atoms with E-state index in [0.717, 1.165) is 25.9 Å². The van der Waals surface area contributed by atoms with Crippen LogP contribution >= 0.6 is 11.3 Å². The van der Waals surface area contributed by atoms with E-state index in [-0.39, 0.29) is 0 Å². The fourth-order valence-electron chi connectivity index (χ4n) is 1.20. The van der Waals surface area contributed by atoms with Crippen molar-refractivity contribution in [3.8, 4) is 0 Å². The van der Waals surface area contributed by atoms with Gasteiger partial charge in [0.25, 0.3) is 0 Å². The molecule has 0 saturated heterocycles. The molecule has 3 heteroatoms. The highest BCUT2D eigenvalue weighted by Crippen LogP contribution is 2.12. The van der Waals surface area contributed by atoms with Gasteiger partial charge < -0.3 is 4.74 Å². The first-order valence-electron chi connectivity index (χ1n) is 4.79. The van der Waals surface area contributed by atoms with Crippen LogP contribution < -0.4 is 0 Å². The Labute approximate surface area is 84.0 Å². The van der Waals surface area contributed by atoms with Gasteiger partial charge in [-0.3, -0.25) is 0 Å². The summed E-state index contributed by atoms with van der Waals surface area (Å²) in [6.07, 6.45) is 4.43. The van der Waals surface area contributed by atoms with Crippen molar-refractivity contribution in [2.24, 2.45) is 0 Å². The van der Waals surface area contributed by atoms with Gasteiger partial charge in [0.1, 0.15) is 0 Å². The van der Waals surface area contributed by atoms with E-state index < -0.39 is 0 Å². The third-order valence-electron chi connectivity index (χ3n) is 1.84. The van der Waals surface area contributed by atoms with Gasteiger partial charge in [0, 0.05) is 25.5 Å². The SMILES string of the molecule is CCCc1csc(CCCOC)n1. The summed E-state index contributed by atoms with van der Waals surface area (Å²) < 4.78 is 4.99. The van der Waals surface area contributed by atoms with E-state index >= 15 is 0 Å². The van der Waals surface area contributed by atoms with E-state index in [1.165, 1.54) is 17.1 Å². The van der Waals surface area contributed by atoms with Gasteiger partial charge in [0.05, 0.1) is 10.7 Å². The Morgan fingerprint density at radius 1 is 1.46 bits per heavy atom. The lowest BCUT2D eigenvalue weighted by Gasteiger charge is -1.95. The van der Waals surface area contributed by atoms with Crippen LogP contribution in [0.5, 0.6) is 0 Å². The first kappa shape index (κ1) is 10.7. The summed E-state index contributed by atoms with van der Waals surface area (Å²) in [7, 11) is 1.74. The van der Waals surface area contributed by atoms with Crippen molar-refractivity contribution in [2.75, 3.05) is 13.7 Å². The average molecular weight is 199 g/mol. The molecule has 0 amide bonds. The summed E-state index contributed by atoms with van der Waals surface area (Å²) in [5, 5.41) is 3.42. The zero-order chi connectivity index (χ0) is 9.52. The lowest BCUT2D eigenvalue weighted by Crippen LogP contribution is -1.92. The fourth-order valence-corrected chi connectivity index (χ4v) is 2.08. The molecule has 1 rings (SSSR count). The molecule has 1 aromatic rings. The smallest absolute Gasteiger partial charge is 0.0929 e. The standard InChI is InChI=1S/C10H17NOS/c1-3-5-9-8-13-10(11-9)6-4-7-12-2/h8H,3-7H2,1-2H3. The zero-order valence-corrected chi connectivity index (χ0v) is 9.19. The summed E-state index contributed by atoms with van der Waals surface area (Å²) in [5.74, 6) is 0. The quantitative estimate of drug-likeness (QED) is 0.657. The van der Waals surface area contributed by atoms with Gasteiger partial charge >= 0.3 is 0 Å². The molecule has 0 radical (unpaired) electrons. The number of thiazole rings is 1. The van der Waals surface area contributed by atoms with Crippen molar-refractivity contribution in [1.29, 1.82) is 0 Å². The molecule has 1 heterocycles. The van der Waals surface area contributed by atoms with Crippen molar-refractivity contribution >= 4 is 11.3 Å². The van der Waals surface area contributed by atoms with Crippen molar-refractivity contribution in [1.82, 2.24) is 4.98 Å². The van der Waals surface area contributed by atoms with E-state index in [1.54, 1.807) is 18.4 Å². The van der Waals surface area contributed by atoms with Gasteiger partial charge in [0.2, 0.25) is 0 Å². The number of nitrogens with zero attached hydrogens (tertiary/aromatic N) is 1. The second-order valence-corrected chi connectivity index (χ2v) is 4.02. The second-order valence-electron chi connectivity index (χ2n) is 3.08. The summed E-state index contributed by atoms with van der Waals surface area (Å²) in [6, 6.07) is 0. The Morgan fingerprint density at radius 3 is 3.00 bits per heavy atom. The van der Waals surface area contributed by atoms with Crippen LogP contribution in [0.2, 0.25) is 0 Å². The van der Waals surface area contributed by atoms with Gasteiger partial charge in [-0.05, 0) is 12.8 Å². The first-order chi connectivity index (χ1) is 6.36. The Bertz CT molecular complexity index is 235. The van der Waals surface area contributed by atoms with Crippen molar-refractivity contribution in [2.45, 2.75) is 32.6 Å². The third-order valence-corrected chi connectivity index (χ3v) is 2.80. The predicted molar refractivity (Wildman–Crippen MR) is 56.3 cm³/mol. The molecule has 74 valence electrons. The maximum absolute atomic E-state index is 4.99. The highest BCUT2D eigenvalue weighted by molar-refractivity contribution is 7.09. The minimum absolute atomic E-state index is 0.836. The van der Waals surface area contributed by atoms with Gasteiger partial charge in [-0.15, -0.1) is 11.3 Å². The van der Waals surface area contributed by atoms with Crippen molar-refractivity contribution in [3.05, 3.63) is 16.1 Å². The van der Waals surface area contributed by atoms with Gasteiger partial charge in [-0.2, -0.15) is 0 Å². The molecule has 1 aromatic heterocycles. The lowest BCUT2D eigenvalue weighted by molar-refractivity contribution is 0.195. The topological polar surface area (TPSA) is 22.1 Å². The molecule has 0 aliphatic carbocycles. The van der Waals surface area contributed by atoms with E-state index in [4.69, 9.17) is 4.74 Å². The number of rotatable bonds is 6. The lowest BCUT2D eigenvalue weighted by atomic mass is 10.3. The van der Waals surface area contributed by atoms with Gasteiger partial charge in [-0.1, -0.05) is 13.3 Å². The Balaban J connectivity index is 2.31. The normalized spacial score (nSPS) is 10.6. The van der Waals surface area contributed by atoms with Crippen LogP contribution in [-0.2, 0) is 17.6 Å². The molecule has 13 heavy (non-hydrogen) atoms. The molecule has 2 nitrogen and oxygen atoms in total. The minimum Gasteiger partial charge on any atom is -0.385 e. The van der Waals surface area contributed by atoms with Crippen LogP contribution in [0.1, 0.15) is 30.5 Å². The van der Waals surface area contributed by atoms with E-state index in [9.17, 15) is 0 Å². The van der Waals surface area contributed by atoms with Gasteiger partial charge in [-0.25, -0.2) is 4.98 Å². The largest absolute Gasteiger partial charge is 0.385 e. The number of methoxy groups -OCH3 is 1. The average Bonchev–Trinajstić information content (AvgIpc) is 2.54. The Morgan fingerprint density at radius 2 is 2.31 bits per heavy atom. The third kappa shape index (κ3) is 3.87. The molecule has 0 bridgehead atoms. The Kier molecular flexibility index (Phi) is 5.01. The summed E-state index contributed by atoms with van der Waals surface area (Å²) in [5.41, 5.74) is 1.25. The van der Waals surface area contributed by atoms with E-state index in [2.05, 4.69) is 17.3 Å². The predicted octanol–water partition coefficient (Wildman–Crippen LogP) is 2.67. The molecule has 0 aromatic carbocycles. The number of aryl methyl sites for hydroxylation is 2. The maximum Gasteiger partial charge on any atom is 0.0929 e. The molecular formula is C10H17NOS. The van der Waals surface area contributed by atoms with Crippen LogP contribution in [-0.4, -0.2) is 18.7 Å². The first-order valence-corrected chi connectivity index (χ1v) is 5.67. The molecule has 0 atom stereocenters. The van der Waals surface area contributed by atoms with Crippen molar-refractivity contribution < 1.29 is 4.74 Å². The van der Waals surface area contributed by atoms with Crippen LogP contribution in [0.25, 0.3) is 0 Å². The van der Waals surface area contributed by atoms with Crippen LogP contribution in [0.3, 0.4) is 0 Å². The Hall–Kier alpha value is -0.410. The summed E-state index contributed by atoms with van der Waals surface area (Å²) >= 11 is 1.77. The van der Waals surface area contributed by atoms with E-state index in [0.29, 0.717) is 0 Å². The molecule has 0 aliphatic heterocycles. The number of hydrogen-bond donors (Lipinski definition) is 0. The molecule has 0 fully saturated rings.